The molecule has 2 heterocycles. The highest BCUT2D eigenvalue weighted by atomic mass is 35.5. The molecule has 11 nitrogen and oxygen atoms in total. The van der Waals surface area contributed by atoms with Crippen LogP contribution in [0.25, 0.3) is 5.69 Å². The van der Waals surface area contributed by atoms with Gasteiger partial charge in [0.2, 0.25) is 16.0 Å². The van der Waals surface area contributed by atoms with Crippen LogP contribution in [0.5, 0.6) is 11.5 Å². The number of aromatic nitrogens is 3. The van der Waals surface area contributed by atoms with Crippen molar-refractivity contribution < 1.29 is 22.6 Å². The Kier molecular flexibility index (Phi) is 9.68. The number of allylic oxidation sites excluding steroid dienone is 1. The molecule has 1 aromatic heterocycles. The maximum Gasteiger partial charge on any atom is 0.243 e. The molecule has 202 valence electrons. The summed E-state index contributed by atoms with van der Waals surface area (Å²) in [5.41, 5.74) is 0.481. The Hall–Kier alpha value is -2.96. The first-order valence-electron chi connectivity index (χ1n) is 11.8. The number of ether oxygens (including phenoxy) is 3. The van der Waals surface area contributed by atoms with Crippen molar-refractivity contribution in [3.05, 3.63) is 35.3 Å². The van der Waals surface area contributed by atoms with Crippen LogP contribution in [0.1, 0.15) is 45.4 Å². The number of nitrogens with zero attached hydrogens (tertiary/aromatic N) is 5. The summed E-state index contributed by atoms with van der Waals surface area (Å²) in [6.45, 7) is 9.55. The molecule has 0 bridgehead atoms. The first-order chi connectivity index (χ1) is 17.6. The molecule has 1 N–H and O–H groups in total. The Morgan fingerprint density at radius 3 is 2.51 bits per heavy atom. The van der Waals surface area contributed by atoms with Crippen LogP contribution in [0.15, 0.2) is 39.4 Å². The lowest BCUT2D eigenvalue weighted by Crippen LogP contribution is -2.35. The normalized spacial score (nSPS) is 18.7. The number of anilines is 1. The van der Waals surface area contributed by atoms with Crippen molar-refractivity contribution in [2.45, 2.75) is 44.8 Å². The van der Waals surface area contributed by atoms with Crippen molar-refractivity contribution in [2.24, 2.45) is 15.9 Å². The van der Waals surface area contributed by atoms with Crippen molar-refractivity contribution in [3.63, 3.8) is 0 Å². The quantitative estimate of drug-likeness (QED) is 0.346. The van der Waals surface area contributed by atoms with Gasteiger partial charge in [0.15, 0.2) is 0 Å². The van der Waals surface area contributed by atoms with Crippen molar-refractivity contribution in [3.8, 4) is 17.2 Å². The minimum absolute atomic E-state index is 0.00368. The van der Waals surface area contributed by atoms with Gasteiger partial charge in [-0.05, 0) is 45.5 Å². The topological polar surface area (TPSA) is 129 Å². The Bertz CT molecular complexity index is 1240. The first kappa shape index (κ1) is 28.6. The molecule has 1 saturated heterocycles. The van der Waals surface area contributed by atoms with Gasteiger partial charge in [0.25, 0.3) is 0 Å². The summed E-state index contributed by atoms with van der Waals surface area (Å²) >= 11 is 5.87. The van der Waals surface area contributed by atoms with Gasteiger partial charge < -0.3 is 14.2 Å². The Morgan fingerprint density at radius 1 is 1.30 bits per heavy atom. The van der Waals surface area contributed by atoms with Gasteiger partial charge in [0, 0.05) is 29.7 Å². The van der Waals surface area contributed by atoms with E-state index in [1.807, 2.05) is 0 Å². The molecule has 37 heavy (non-hydrogen) atoms. The van der Waals surface area contributed by atoms with Crippen LogP contribution in [-0.4, -0.2) is 68.4 Å². The average molecular weight is 553 g/mol. The highest BCUT2D eigenvalue weighted by molar-refractivity contribution is 7.93. The number of para-hydroxylation sites is 1. The van der Waals surface area contributed by atoms with Crippen LogP contribution in [0.2, 0.25) is 0 Å². The van der Waals surface area contributed by atoms with Crippen LogP contribution in [0, 0.1) is 5.92 Å². The van der Waals surface area contributed by atoms with Crippen LogP contribution in [0.3, 0.4) is 0 Å². The number of methoxy groups -OCH3 is 2. The number of hydrogen-bond donors (Lipinski definition) is 1. The molecular weight excluding hydrogens is 520 g/mol. The molecule has 1 fully saturated rings. The second-order valence-corrected chi connectivity index (χ2v) is 11.3. The van der Waals surface area contributed by atoms with Gasteiger partial charge >= 0.3 is 0 Å². The third-order valence-electron chi connectivity index (χ3n) is 6.21. The van der Waals surface area contributed by atoms with Gasteiger partial charge in [0.1, 0.15) is 28.8 Å². The second-order valence-electron chi connectivity index (χ2n) is 8.64. The lowest BCUT2D eigenvalue weighted by molar-refractivity contribution is 0.0775. The third-order valence-corrected chi connectivity index (χ3v) is 8.16. The van der Waals surface area contributed by atoms with E-state index in [9.17, 15) is 8.42 Å². The number of amidine groups is 1. The van der Waals surface area contributed by atoms with E-state index < -0.39 is 21.2 Å². The molecule has 3 rings (SSSR count). The van der Waals surface area contributed by atoms with Crippen molar-refractivity contribution in [1.29, 1.82) is 0 Å². The summed E-state index contributed by atoms with van der Waals surface area (Å²) in [5, 5.41) is 8.09. The highest BCUT2D eigenvalue weighted by Crippen LogP contribution is 2.38. The van der Waals surface area contributed by atoms with Gasteiger partial charge in [-0.15, -0.1) is 10.2 Å². The molecule has 0 unspecified atom stereocenters. The second kappa shape index (κ2) is 12.5. The van der Waals surface area contributed by atoms with E-state index in [0.29, 0.717) is 41.3 Å². The molecule has 0 aliphatic carbocycles. The summed E-state index contributed by atoms with van der Waals surface area (Å²) in [5.74, 6) is 1.01. The minimum Gasteiger partial charge on any atom is -0.494 e. The maximum absolute atomic E-state index is 13.5. The van der Waals surface area contributed by atoms with Crippen LogP contribution in [0.4, 0.5) is 5.95 Å². The molecule has 0 radical (unpaired) electrons. The van der Waals surface area contributed by atoms with Crippen LogP contribution >= 0.6 is 11.6 Å². The SMILES string of the molecule is C=N/C(=N\C=C(/C)Cl)[C@@H](C)[C@H](C)S(=O)(=O)Nc1nnc([C@H]2CCCOC2)n1-c1c(OC)cccc1OC. The Morgan fingerprint density at radius 2 is 1.97 bits per heavy atom. The summed E-state index contributed by atoms with van der Waals surface area (Å²) in [4.78, 5) is 8.08. The molecule has 1 aliphatic heterocycles. The zero-order valence-corrected chi connectivity index (χ0v) is 23.2. The first-order valence-corrected chi connectivity index (χ1v) is 13.7. The smallest absolute Gasteiger partial charge is 0.243 e. The number of rotatable bonds is 10. The summed E-state index contributed by atoms with van der Waals surface area (Å²) in [6.07, 6.45) is 3.06. The van der Waals surface area contributed by atoms with Crippen LogP contribution < -0.4 is 14.2 Å². The van der Waals surface area contributed by atoms with Crippen molar-refractivity contribution in [1.82, 2.24) is 14.8 Å². The van der Waals surface area contributed by atoms with Crippen molar-refractivity contribution in [2.75, 3.05) is 32.2 Å². The van der Waals surface area contributed by atoms with Gasteiger partial charge in [-0.25, -0.2) is 18.4 Å². The summed E-state index contributed by atoms with van der Waals surface area (Å²) < 4.78 is 48.2. The fraction of sp³-hybridized carbons (Fsp3) is 0.500. The minimum atomic E-state index is -4.00. The molecule has 0 spiro atoms. The van der Waals surface area contributed by atoms with Crippen molar-refractivity contribution >= 4 is 40.1 Å². The van der Waals surface area contributed by atoms with Gasteiger partial charge in [0.05, 0.1) is 26.1 Å². The number of sulfonamides is 1. The molecular formula is C24H33ClN6O5S. The molecule has 1 aliphatic rings. The predicted octanol–water partition coefficient (Wildman–Crippen LogP) is 4.14. The third kappa shape index (κ3) is 6.49. The van der Waals surface area contributed by atoms with E-state index in [1.165, 1.54) is 20.4 Å². The molecule has 2 aromatic rings. The predicted molar refractivity (Wildman–Crippen MR) is 145 cm³/mol. The molecule has 0 saturated carbocycles. The van der Waals surface area contributed by atoms with Gasteiger partial charge in [-0.3, -0.25) is 9.29 Å². The fourth-order valence-electron chi connectivity index (χ4n) is 4.00. The number of halogens is 1. The monoisotopic (exact) mass is 552 g/mol. The largest absolute Gasteiger partial charge is 0.494 e. The maximum atomic E-state index is 13.5. The Balaban J connectivity index is 2.09. The summed E-state index contributed by atoms with van der Waals surface area (Å²) in [7, 11) is -0.947. The standard InChI is InChI=1S/C24H33ClN6O5S/c1-15(25)13-27-22(26-4)16(2)17(3)37(32,33)30-24-29-28-23(18-9-8-12-36-14-18)31(24)21-19(34-5)10-7-11-20(21)35-6/h7,10-11,13,16-18H,4,8-9,12,14H2,1-3,5-6H3,(H,29,30)/b15-13+,27-22-/t16-,17-,18-/m0/s1. The van der Waals surface area contributed by atoms with E-state index >= 15 is 0 Å². The van der Waals surface area contributed by atoms with Gasteiger partial charge in [-0.2, -0.15) is 0 Å². The average Bonchev–Trinajstić information content (AvgIpc) is 3.30. The highest BCUT2D eigenvalue weighted by Gasteiger charge is 2.34. The fourth-order valence-corrected chi connectivity index (χ4v) is 5.28. The van der Waals surface area contributed by atoms with E-state index in [0.717, 1.165) is 12.8 Å². The number of aliphatic imine (C=N–C) groups is 2. The van der Waals surface area contributed by atoms with E-state index in [2.05, 4.69) is 31.6 Å². The number of hydrogen-bond acceptors (Lipinski definition) is 8. The lowest BCUT2D eigenvalue weighted by Gasteiger charge is -2.24. The molecule has 1 aromatic carbocycles. The molecule has 3 atom stereocenters. The molecule has 13 heteroatoms. The summed E-state index contributed by atoms with van der Waals surface area (Å²) in [6, 6.07) is 5.29. The number of benzene rings is 1. The van der Waals surface area contributed by atoms with E-state index in [1.54, 1.807) is 43.5 Å². The van der Waals surface area contributed by atoms with Gasteiger partial charge in [-0.1, -0.05) is 24.6 Å². The van der Waals surface area contributed by atoms with E-state index in [-0.39, 0.29) is 17.7 Å². The molecule has 0 amide bonds. The van der Waals surface area contributed by atoms with E-state index in [4.69, 9.17) is 25.8 Å². The van der Waals surface area contributed by atoms with Crippen LogP contribution in [-0.2, 0) is 14.8 Å². The zero-order valence-electron chi connectivity index (χ0n) is 21.6. The number of nitrogens with one attached hydrogen (secondary N) is 1. The Labute approximate surface area is 222 Å². The zero-order chi connectivity index (χ0) is 27.2. The lowest BCUT2D eigenvalue weighted by atomic mass is 10.0.